The second-order valence-corrected chi connectivity index (χ2v) is 6.97. The quantitative estimate of drug-likeness (QED) is 0.651. The molecule has 7 nitrogen and oxygen atoms in total. The van der Waals surface area contributed by atoms with Crippen molar-refractivity contribution in [2.45, 2.75) is 6.92 Å². The van der Waals surface area contributed by atoms with E-state index in [1.165, 1.54) is 6.20 Å². The minimum absolute atomic E-state index is 0.0601. The lowest BCUT2D eigenvalue weighted by Crippen LogP contribution is -2.47. The third kappa shape index (κ3) is 3.77. The molecule has 1 aromatic carbocycles. The van der Waals surface area contributed by atoms with Crippen molar-refractivity contribution in [3.8, 4) is 5.69 Å². The summed E-state index contributed by atoms with van der Waals surface area (Å²) in [7, 11) is 0. The first kappa shape index (κ1) is 19.3. The van der Waals surface area contributed by atoms with E-state index in [1.807, 2.05) is 17.9 Å². The van der Waals surface area contributed by atoms with Crippen molar-refractivity contribution in [3.05, 3.63) is 69.5 Å². The molecule has 0 spiro atoms. The van der Waals surface area contributed by atoms with E-state index in [0.717, 1.165) is 22.6 Å². The Kier molecular flexibility index (Phi) is 5.14. The molecule has 1 fully saturated rings. The van der Waals surface area contributed by atoms with Crippen LogP contribution in [0.3, 0.4) is 0 Å². The molecule has 2 aromatic heterocycles. The second-order valence-electron chi connectivity index (χ2n) is 6.59. The van der Waals surface area contributed by atoms with E-state index < -0.39 is 17.2 Å². The van der Waals surface area contributed by atoms with Crippen LogP contribution >= 0.6 is 11.6 Å². The lowest BCUT2D eigenvalue weighted by atomic mass is 10.2. The fourth-order valence-electron chi connectivity index (χ4n) is 3.27. The Bertz CT molecular complexity index is 1110. The summed E-state index contributed by atoms with van der Waals surface area (Å²) in [6, 6.07) is 4.76. The number of piperazine rings is 1. The monoisotopic (exact) mass is 418 g/mol. The molecule has 1 saturated heterocycles. The molecule has 1 aliphatic heterocycles. The summed E-state index contributed by atoms with van der Waals surface area (Å²) < 4.78 is 28.0. The van der Waals surface area contributed by atoms with E-state index in [-0.39, 0.29) is 10.7 Å². The highest BCUT2D eigenvalue weighted by Crippen LogP contribution is 2.24. The fraction of sp³-hybridized carbons (Fsp3) is 0.263. The van der Waals surface area contributed by atoms with Gasteiger partial charge < -0.3 is 9.80 Å². The summed E-state index contributed by atoms with van der Waals surface area (Å²) >= 11 is 6.29. The predicted molar refractivity (Wildman–Crippen MR) is 106 cm³/mol. The van der Waals surface area contributed by atoms with Crippen LogP contribution in [0.25, 0.3) is 5.69 Å². The van der Waals surface area contributed by atoms with Gasteiger partial charge in [0, 0.05) is 38.4 Å². The van der Waals surface area contributed by atoms with Gasteiger partial charge in [-0.3, -0.25) is 4.79 Å². The summed E-state index contributed by atoms with van der Waals surface area (Å²) in [5.41, 5.74) is -0.341. The van der Waals surface area contributed by atoms with Gasteiger partial charge in [-0.15, -0.1) is 0 Å². The Balaban J connectivity index is 1.56. The molecule has 0 amide bonds. The van der Waals surface area contributed by atoms with Crippen molar-refractivity contribution in [2.75, 3.05) is 36.0 Å². The molecule has 0 aliphatic carbocycles. The highest BCUT2D eigenvalue weighted by Gasteiger charge is 2.23. The number of halogens is 3. The van der Waals surface area contributed by atoms with Crippen LogP contribution in [0, 0.1) is 18.6 Å². The Morgan fingerprint density at radius 1 is 1.03 bits per heavy atom. The molecule has 10 heteroatoms. The molecule has 4 rings (SSSR count). The first-order valence-electron chi connectivity index (χ1n) is 8.97. The molecule has 29 heavy (non-hydrogen) atoms. The smallest absolute Gasteiger partial charge is 0.292 e. The van der Waals surface area contributed by atoms with Crippen LogP contribution in [0.2, 0.25) is 5.02 Å². The fourth-order valence-corrected chi connectivity index (χ4v) is 3.51. The van der Waals surface area contributed by atoms with Crippen LogP contribution in [0.5, 0.6) is 0 Å². The maximum Gasteiger partial charge on any atom is 0.292 e. The van der Waals surface area contributed by atoms with Gasteiger partial charge in [0.15, 0.2) is 5.82 Å². The number of anilines is 2. The molecule has 0 saturated carbocycles. The predicted octanol–water partition coefficient (Wildman–Crippen LogP) is 2.59. The number of hydrogen-bond donors (Lipinski definition) is 0. The zero-order valence-corrected chi connectivity index (χ0v) is 16.3. The third-order valence-corrected chi connectivity index (χ3v) is 5.10. The Morgan fingerprint density at radius 2 is 1.76 bits per heavy atom. The Labute approximate surface area is 170 Å². The zero-order valence-electron chi connectivity index (χ0n) is 15.5. The molecular weight excluding hydrogens is 402 g/mol. The van der Waals surface area contributed by atoms with E-state index in [4.69, 9.17) is 11.6 Å². The maximum absolute atomic E-state index is 14.0. The van der Waals surface area contributed by atoms with Crippen LogP contribution in [0.15, 0.2) is 41.5 Å². The average Bonchev–Trinajstić information content (AvgIpc) is 2.71. The van der Waals surface area contributed by atoms with Crippen LogP contribution in [0.1, 0.15) is 5.82 Å². The van der Waals surface area contributed by atoms with Gasteiger partial charge >= 0.3 is 0 Å². The lowest BCUT2D eigenvalue weighted by molar-refractivity contribution is 0.570. The van der Waals surface area contributed by atoms with Gasteiger partial charge in [-0.05, 0) is 25.1 Å². The van der Waals surface area contributed by atoms with Crippen LogP contribution in [-0.2, 0) is 0 Å². The normalized spacial score (nSPS) is 14.3. The molecule has 0 radical (unpaired) electrons. The molecule has 0 atom stereocenters. The first-order valence-corrected chi connectivity index (χ1v) is 9.34. The molecule has 1 aliphatic rings. The van der Waals surface area contributed by atoms with Crippen LogP contribution < -0.4 is 15.4 Å². The molecular formula is C19H17ClF2N6O. The van der Waals surface area contributed by atoms with Crippen molar-refractivity contribution in [3.63, 3.8) is 0 Å². The topological polar surface area (TPSA) is 67.2 Å². The second kappa shape index (κ2) is 7.75. The van der Waals surface area contributed by atoms with Crippen molar-refractivity contribution in [1.29, 1.82) is 0 Å². The van der Waals surface area contributed by atoms with Crippen molar-refractivity contribution in [1.82, 2.24) is 19.7 Å². The van der Waals surface area contributed by atoms with Crippen LogP contribution in [-0.4, -0.2) is 45.9 Å². The van der Waals surface area contributed by atoms with Gasteiger partial charge in [-0.2, -0.15) is 9.78 Å². The lowest BCUT2D eigenvalue weighted by Gasteiger charge is -2.36. The van der Waals surface area contributed by atoms with Gasteiger partial charge in [0.25, 0.3) is 5.56 Å². The van der Waals surface area contributed by atoms with Crippen molar-refractivity contribution >= 4 is 23.1 Å². The van der Waals surface area contributed by atoms with Gasteiger partial charge in [0.2, 0.25) is 0 Å². The molecule has 3 heterocycles. The van der Waals surface area contributed by atoms with E-state index in [1.54, 1.807) is 6.20 Å². The summed E-state index contributed by atoms with van der Waals surface area (Å²) in [4.78, 5) is 25.3. The minimum Gasteiger partial charge on any atom is -0.365 e. The first-order chi connectivity index (χ1) is 13.9. The van der Waals surface area contributed by atoms with E-state index >= 15 is 0 Å². The summed E-state index contributed by atoms with van der Waals surface area (Å²) in [5, 5.41) is 3.99. The molecule has 150 valence electrons. The summed E-state index contributed by atoms with van der Waals surface area (Å²) in [6.45, 7) is 4.42. The molecule has 0 bridgehead atoms. The van der Waals surface area contributed by atoms with Gasteiger partial charge in [-0.1, -0.05) is 11.6 Å². The maximum atomic E-state index is 14.0. The van der Waals surface area contributed by atoms with E-state index in [0.29, 0.717) is 43.8 Å². The highest BCUT2D eigenvalue weighted by molar-refractivity contribution is 6.33. The number of benzene rings is 1. The molecule has 0 unspecified atom stereocenters. The SMILES string of the molecule is Cc1nccc(N2CCN(c3cnn(-c4ccc(F)cc4F)c(=O)c3Cl)CC2)n1. The van der Waals surface area contributed by atoms with Gasteiger partial charge in [0.05, 0.1) is 11.9 Å². The Morgan fingerprint density at radius 3 is 2.45 bits per heavy atom. The Hall–Kier alpha value is -3.07. The standard InChI is InChI=1S/C19H17ClF2N6O/c1-12-23-5-4-17(25-12)27-8-6-26(7-9-27)16-11-24-28(19(29)18(16)20)15-3-2-13(21)10-14(15)22/h2-5,10-11H,6-9H2,1H3. The van der Waals surface area contributed by atoms with Crippen molar-refractivity contribution < 1.29 is 8.78 Å². The van der Waals surface area contributed by atoms with Gasteiger partial charge in [-0.25, -0.2) is 18.7 Å². The third-order valence-electron chi connectivity index (χ3n) is 4.74. The average molecular weight is 419 g/mol. The van der Waals surface area contributed by atoms with E-state index in [2.05, 4.69) is 20.0 Å². The molecule has 0 N–H and O–H groups in total. The molecule has 3 aromatic rings. The number of aromatic nitrogens is 4. The largest absolute Gasteiger partial charge is 0.365 e. The highest BCUT2D eigenvalue weighted by atomic mass is 35.5. The van der Waals surface area contributed by atoms with Crippen molar-refractivity contribution in [2.24, 2.45) is 0 Å². The van der Waals surface area contributed by atoms with Gasteiger partial charge in [0.1, 0.15) is 28.2 Å². The summed E-state index contributed by atoms with van der Waals surface area (Å²) in [6.07, 6.45) is 3.15. The number of nitrogens with zero attached hydrogens (tertiary/aromatic N) is 6. The van der Waals surface area contributed by atoms with Crippen LogP contribution in [0.4, 0.5) is 20.3 Å². The zero-order chi connectivity index (χ0) is 20.5. The number of aryl methyl sites for hydroxylation is 1. The number of hydrogen-bond acceptors (Lipinski definition) is 6. The number of rotatable bonds is 3. The van der Waals surface area contributed by atoms with E-state index in [9.17, 15) is 13.6 Å². The summed E-state index contributed by atoms with van der Waals surface area (Å²) in [5.74, 6) is -0.0756. The minimum atomic E-state index is -0.892.